The number of thiophene rings is 1. The summed E-state index contributed by atoms with van der Waals surface area (Å²) in [5.74, 6) is 1.93. The Morgan fingerprint density at radius 1 is 1.23 bits per heavy atom. The van der Waals surface area contributed by atoms with Crippen LogP contribution in [0.4, 0.5) is 0 Å². The molecule has 8 heteroatoms. The monoisotopic (exact) mass is 425 g/mol. The van der Waals surface area contributed by atoms with E-state index in [1.807, 2.05) is 18.7 Å². The van der Waals surface area contributed by atoms with Gasteiger partial charge in [0.25, 0.3) is 11.5 Å². The largest absolute Gasteiger partial charge is 0.486 e. The average Bonchev–Trinajstić information content (AvgIpc) is 3.06. The molecule has 156 valence electrons. The number of likely N-dealkylation sites (tertiary alicyclic amines) is 1. The van der Waals surface area contributed by atoms with Crippen molar-refractivity contribution in [2.45, 2.75) is 32.6 Å². The number of ether oxygens (including phenoxy) is 2. The van der Waals surface area contributed by atoms with Gasteiger partial charge in [-0.25, -0.2) is 4.98 Å². The number of hydrogen-bond donors (Lipinski definition) is 1. The number of aromatic amines is 1. The van der Waals surface area contributed by atoms with Gasteiger partial charge in [-0.05, 0) is 50.5 Å². The standard InChI is InChI=1S/C22H23N3O4S/c1-12-13(2)30-21-18(12)20(26)23-19(24-21)15-4-3-7-25(11-15)22(27)14-5-6-16-17(10-14)29-9-8-28-16/h5-6,10,15H,3-4,7-9,11H2,1-2H3,(H,23,24,26)/t15-/m0/s1. The van der Waals surface area contributed by atoms with Crippen LogP contribution in [0.25, 0.3) is 10.2 Å². The second kappa shape index (κ2) is 7.43. The summed E-state index contributed by atoms with van der Waals surface area (Å²) in [4.78, 5) is 37.2. The minimum atomic E-state index is -0.0906. The first-order valence-electron chi connectivity index (χ1n) is 10.2. The van der Waals surface area contributed by atoms with Gasteiger partial charge in [0.15, 0.2) is 11.5 Å². The van der Waals surface area contributed by atoms with Crippen molar-refractivity contribution in [2.24, 2.45) is 0 Å². The number of nitrogens with one attached hydrogen (secondary N) is 1. The Labute approximate surface area is 177 Å². The zero-order valence-electron chi connectivity index (χ0n) is 17.0. The Morgan fingerprint density at radius 2 is 2.03 bits per heavy atom. The molecular weight excluding hydrogens is 402 g/mol. The molecule has 1 N–H and O–H groups in total. The number of piperidine rings is 1. The van der Waals surface area contributed by atoms with E-state index in [4.69, 9.17) is 14.5 Å². The minimum absolute atomic E-state index is 0.0136. The van der Waals surface area contributed by atoms with Crippen molar-refractivity contribution in [3.05, 3.63) is 50.4 Å². The van der Waals surface area contributed by atoms with Crippen LogP contribution in [0.5, 0.6) is 11.5 Å². The summed E-state index contributed by atoms with van der Waals surface area (Å²) in [6.45, 7) is 6.19. The molecule has 1 aromatic carbocycles. The Bertz CT molecular complexity index is 1200. The smallest absolute Gasteiger partial charge is 0.259 e. The van der Waals surface area contributed by atoms with Crippen molar-refractivity contribution < 1.29 is 14.3 Å². The minimum Gasteiger partial charge on any atom is -0.486 e. The fourth-order valence-corrected chi connectivity index (χ4v) is 5.25. The van der Waals surface area contributed by atoms with Crippen molar-refractivity contribution in [1.82, 2.24) is 14.9 Å². The third-order valence-corrected chi connectivity index (χ3v) is 7.04. The molecule has 1 atom stereocenters. The van der Waals surface area contributed by atoms with E-state index in [2.05, 4.69) is 4.98 Å². The summed E-state index contributed by atoms with van der Waals surface area (Å²) in [6.07, 6.45) is 1.76. The van der Waals surface area contributed by atoms with Gasteiger partial charge < -0.3 is 19.4 Å². The molecule has 0 radical (unpaired) electrons. The van der Waals surface area contributed by atoms with E-state index in [-0.39, 0.29) is 17.4 Å². The second-order valence-corrected chi connectivity index (χ2v) is 9.07. The zero-order chi connectivity index (χ0) is 20.8. The molecule has 0 bridgehead atoms. The van der Waals surface area contributed by atoms with Crippen LogP contribution in [0.2, 0.25) is 0 Å². The summed E-state index contributed by atoms with van der Waals surface area (Å²) in [5.41, 5.74) is 1.49. The van der Waals surface area contributed by atoms with Gasteiger partial charge in [0, 0.05) is 29.4 Å². The summed E-state index contributed by atoms with van der Waals surface area (Å²) in [5, 5.41) is 0.682. The second-order valence-electron chi connectivity index (χ2n) is 7.86. The highest BCUT2D eigenvalue weighted by Crippen LogP contribution is 2.33. The quantitative estimate of drug-likeness (QED) is 0.680. The first-order chi connectivity index (χ1) is 14.5. The molecule has 3 aromatic rings. The van der Waals surface area contributed by atoms with Crippen LogP contribution in [0.15, 0.2) is 23.0 Å². The maximum absolute atomic E-state index is 13.1. The van der Waals surface area contributed by atoms with E-state index in [0.29, 0.717) is 54.6 Å². The first kappa shape index (κ1) is 19.1. The number of rotatable bonds is 2. The summed E-state index contributed by atoms with van der Waals surface area (Å²) in [6, 6.07) is 5.32. The highest BCUT2D eigenvalue weighted by Gasteiger charge is 2.28. The van der Waals surface area contributed by atoms with Crippen LogP contribution in [0.3, 0.4) is 0 Å². The molecule has 0 spiro atoms. The molecule has 4 heterocycles. The molecule has 7 nitrogen and oxygen atoms in total. The van der Waals surface area contributed by atoms with Crippen LogP contribution < -0.4 is 15.0 Å². The van der Waals surface area contributed by atoms with Crippen LogP contribution in [0.1, 0.15) is 45.4 Å². The normalized spacial score (nSPS) is 18.6. The number of aromatic nitrogens is 2. The van der Waals surface area contributed by atoms with Crippen molar-refractivity contribution in [3.63, 3.8) is 0 Å². The van der Waals surface area contributed by atoms with Crippen molar-refractivity contribution in [2.75, 3.05) is 26.3 Å². The molecule has 5 rings (SSSR count). The van der Waals surface area contributed by atoms with E-state index >= 15 is 0 Å². The Kier molecular flexibility index (Phi) is 4.73. The highest BCUT2D eigenvalue weighted by atomic mass is 32.1. The number of fused-ring (bicyclic) bond motifs is 2. The molecule has 2 aromatic heterocycles. The number of hydrogen-bond acceptors (Lipinski definition) is 6. The highest BCUT2D eigenvalue weighted by molar-refractivity contribution is 7.18. The lowest BCUT2D eigenvalue weighted by Crippen LogP contribution is -2.40. The molecule has 2 aliphatic heterocycles. The van der Waals surface area contributed by atoms with Gasteiger partial charge in [0.2, 0.25) is 0 Å². The van der Waals surface area contributed by atoms with Gasteiger partial charge in [0.05, 0.1) is 5.39 Å². The lowest BCUT2D eigenvalue weighted by atomic mass is 9.96. The molecular formula is C22H23N3O4S. The molecule has 2 aliphatic rings. The Balaban J connectivity index is 1.40. The Morgan fingerprint density at radius 3 is 2.87 bits per heavy atom. The van der Waals surface area contributed by atoms with Crippen LogP contribution in [0, 0.1) is 13.8 Å². The predicted octanol–water partition coefficient (Wildman–Crippen LogP) is 3.39. The van der Waals surface area contributed by atoms with Gasteiger partial charge in [-0.1, -0.05) is 0 Å². The summed E-state index contributed by atoms with van der Waals surface area (Å²) >= 11 is 1.55. The van der Waals surface area contributed by atoms with E-state index in [1.165, 1.54) is 0 Å². The predicted molar refractivity (Wildman–Crippen MR) is 115 cm³/mol. The van der Waals surface area contributed by atoms with Crippen LogP contribution in [-0.2, 0) is 0 Å². The molecule has 1 saturated heterocycles. The van der Waals surface area contributed by atoms with Gasteiger partial charge in [-0.2, -0.15) is 0 Å². The van der Waals surface area contributed by atoms with E-state index in [1.54, 1.807) is 29.5 Å². The lowest BCUT2D eigenvalue weighted by molar-refractivity contribution is 0.0703. The van der Waals surface area contributed by atoms with Gasteiger partial charge in [0.1, 0.15) is 23.9 Å². The molecule has 0 unspecified atom stereocenters. The number of amides is 1. The maximum Gasteiger partial charge on any atom is 0.259 e. The third-order valence-electron chi connectivity index (χ3n) is 5.94. The zero-order valence-corrected chi connectivity index (χ0v) is 17.8. The van der Waals surface area contributed by atoms with Crippen molar-refractivity contribution in [1.29, 1.82) is 0 Å². The molecule has 30 heavy (non-hydrogen) atoms. The fourth-order valence-electron chi connectivity index (χ4n) is 4.21. The Hall–Kier alpha value is -2.87. The molecule has 1 amide bonds. The maximum atomic E-state index is 13.1. The third kappa shape index (κ3) is 3.25. The van der Waals surface area contributed by atoms with Gasteiger partial charge in [-0.3, -0.25) is 9.59 Å². The van der Waals surface area contributed by atoms with E-state index in [9.17, 15) is 9.59 Å². The van der Waals surface area contributed by atoms with Crippen molar-refractivity contribution in [3.8, 4) is 11.5 Å². The number of benzene rings is 1. The number of H-pyrrole nitrogens is 1. The van der Waals surface area contributed by atoms with Crippen LogP contribution >= 0.6 is 11.3 Å². The number of carbonyl (C=O) groups excluding carboxylic acids is 1. The van der Waals surface area contributed by atoms with E-state index < -0.39 is 0 Å². The van der Waals surface area contributed by atoms with Crippen molar-refractivity contribution >= 4 is 27.5 Å². The number of carbonyl (C=O) groups is 1. The first-order valence-corrected chi connectivity index (χ1v) is 11.0. The van der Waals surface area contributed by atoms with Gasteiger partial charge >= 0.3 is 0 Å². The number of aryl methyl sites for hydroxylation is 2. The van der Waals surface area contributed by atoms with Crippen LogP contribution in [-0.4, -0.2) is 47.1 Å². The molecule has 0 aliphatic carbocycles. The van der Waals surface area contributed by atoms with E-state index in [0.717, 1.165) is 28.1 Å². The summed E-state index contributed by atoms with van der Waals surface area (Å²) in [7, 11) is 0. The lowest BCUT2D eigenvalue weighted by Gasteiger charge is -2.32. The molecule has 0 saturated carbocycles. The molecule has 1 fully saturated rings. The number of nitrogens with zero attached hydrogens (tertiary/aromatic N) is 2. The topological polar surface area (TPSA) is 84.5 Å². The average molecular weight is 426 g/mol. The fraction of sp³-hybridized carbons (Fsp3) is 0.409. The van der Waals surface area contributed by atoms with Gasteiger partial charge in [-0.15, -0.1) is 11.3 Å². The summed E-state index contributed by atoms with van der Waals surface area (Å²) < 4.78 is 11.2. The SMILES string of the molecule is Cc1sc2nc([C@H]3CCCN(C(=O)c4ccc5c(c4)OCCO5)C3)[nH]c(=O)c2c1C.